The summed E-state index contributed by atoms with van der Waals surface area (Å²) in [5, 5.41) is 2.37. The number of aryl methyl sites for hydroxylation is 1. The van der Waals surface area contributed by atoms with Gasteiger partial charge < -0.3 is 5.32 Å². The van der Waals surface area contributed by atoms with E-state index in [-0.39, 0.29) is 5.56 Å². The third kappa shape index (κ3) is 3.32. The summed E-state index contributed by atoms with van der Waals surface area (Å²) >= 11 is 0. The van der Waals surface area contributed by atoms with Crippen molar-refractivity contribution < 1.29 is 23.2 Å². The Bertz CT molecular complexity index is 927. The van der Waals surface area contributed by atoms with Gasteiger partial charge in [-0.2, -0.15) is 0 Å². The minimum atomic E-state index is -1.78. The first-order valence-electron chi connectivity index (χ1n) is 8.48. The fraction of sp³-hybridized carbons (Fsp3) is 0.250. The lowest BCUT2D eigenvalue weighted by atomic mass is 9.91. The van der Waals surface area contributed by atoms with E-state index < -0.39 is 41.4 Å². The predicted molar refractivity (Wildman–Crippen MR) is 94.1 cm³/mol. The van der Waals surface area contributed by atoms with Crippen molar-refractivity contribution in [2.24, 2.45) is 0 Å². The Morgan fingerprint density at radius 2 is 1.78 bits per heavy atom. The number of imide groups is 1. The normalized spacial score (nSPS) is 19.3. The number of rotatable bonds is 5. The highest BCUT2D eigenvalue weighted by Gasteiger charge is 2.50. The van der Waals surface area contributed by atoms with E-state index in [0.29, 0.717) is 5.56 Å². The van der Waals surface area contributed by atoms with Crippen LogP contribution in [0.4, 0.5) is 13.6 Å². The maximum absolute atomic E-state index is 14.1. The smallest absolute Gasteiger partial charge is 0.319 e. The quantitative estimate of drug-likeness (QED) is 0.648. The lowest BCUT2D eigenvalue weighted by Gasteiger charge is -2.22. The number of benzene rings is 2. The van der Waals surface area contributed by atoms with Gasteiger partial charge in [-0.1, -0.05) is 31.2 Å². The van der Waals surface area contributed by atoms with Gasteiger partial charge in [-0.15, -0.1) is 0 Å². The third-order valence-corrected chi connectivity index (χ3v) is 4.73. The first kappa shape index (κ1) is 18.7. The monoisotopic (exact) mass is 372 g/mol. The highest BCUT2D eigenvalue weighted by Crippen LogP contribution is 2.31. The van der Waals surface area contributed by atoms with Gasteiger partial charge in [0, 0.05) is 11.1 Å². The Morgan fingerprint density at radius 3 is 2.41 bits per heavy atom. The lowest BCUT2D eigenvalue weighted by molar-refractivity contribution is -0.130. The average molecular weight is 372 g/mol. The average Bonchev–Trinajstić information content (AvgIpc) is 2.87. The Morgan fingerprint density at radius 1 is 1.11 bits per heavy atom. The van der Waals surface area contributed by atoms with Crippen molar-refractivity contribution >= 4 is 17.7 Å². The number of carbonyl (C=O) groups excluding carboxylic acids is 3. The zero-order chi connectivity index (χ0) is 19.8. The van der Waals surface area contributed by atoms with Crippen LogP contribution >= 0.6 is 0 Å². The molecule has 0 aliphatic carbocycles. The highest BCUT2D eigenvalue weighted by atomic mass is 19.1. The van der Waals surface area contributed by atoms with E-state index in [1.807, 2.05) is 6.92 Å². The molecule has 0 aromatic heterocycles. The fourth-order valence-corrected chi connectivity index (χ4v) is 3.06. The van der Waals surface area contributed by atoms with Gasteiger partial charge in [-0.25, -0.2) is 13.6 Å². The van der Waals surface area contributed by atoms with Crippen LogP contribution in [0, 0.1) is 11.6 Å². The third-order valence-electron chi connectivity index (χ3n) is 4.73. The molecule has 1 aliphatic rings. The van der Waals surface area contributed by atoms with Crippen LogP contribution in [0.3, 0.4) is 0 Å². The van der Waals surface area contributed by atoms with Gasteiger partial charge in [-0.3, -0.25) is 14.5 Å². The number of nitrogens with one attached hydrogen (secondary N) is 1. The molecule has 2 aromatic carbocycles. The van der Waals surface area contributed by atoms with Gasteiger partial charge in [0.25, 0.3) is 5.91 Å². The molecule has 1 unspecified atom stereocenters. The van der Waals surface area contributed by atoms with E-state index in [1.165, 1.54) is 6.92 Å². The van der Waals surface area contributed by atoms with E-state index in [2.05, 4.69) is 5.32 Å². The molecule has 1 aliphatic heterocycles. The molecule has 0 spiro atoms. The molecule has 140 valence electrons. The zero-order valence-corrected chi connectivity index (χ0v) is 14.9. The molecular weight excluding hydrogens is 354 g/mol. The van der Waals surface area contributed by atoms with E-state index in [4.69, 9.17) is 0 Å². The molecule has 3 rings (SSSR count). The maximum atomic E-state index is 14.1. The number of hydrogen-bond acceptors (Lipinski definition) is 3. The maximum Gasteiger partial charge on any atom is 0.325 e. The van der Waals surface area contributed by atoms with Crippen LogP contribution in [-0.4, -0.2) is 29.2 Å². The van der Waals surface area contributed by atoms with Gasteiger partial charge in [0.15, 0.2) is 5.78 Å². The van der Waals surface area contributed by atoms with Gasteiger partial charge in [0.1, 0.15) is 17.2 Å². The molecule has 0 bridgehead atoms. The van der Waals surface area contributed by atoms with Crippen molar-refractivity contribution in [3.8, 4) is 0 Å². The molecule has 1 heterocycles. The Balaban J connectivity index is 1.85. The van der Waals surface area contributed by atoms with Crippen LogP contribution in [0.1, 0.15) is 35.3 Å². The Kier molecular flexibility index (Phi) is 4.78. The number of halogens is 2. The lowest BCUT2D eigenvalue weighted by Crippen LogP contribution is -2.42. The van der Waals surface area contributed by atoms with Crippen molar-refractivity contribution in [3.63, 3.8) is 0 Å². The second kappa shape index (κ2) is 6.90. The number of hydrogen-bond donors (Lipinski definition) is 1. The van der Waals surface area contributed by atoms with Gasteiger partial charge >= 0.3 is 6.03 Å². The van der Waals surface area contributed by atoms with Crippen LogP contribution in [-0.2, 0) is 16.8 Å². The molecule has 1 fully saturated rings. The van der Waals surface area contributed by atoms with Crippen molar-refractivity contribution in [1.29, 1.82) is 0 Å². The molecule has 2 aromatic rings. The SMILES string of the molecule is CCc1ccc(C(=O)CN2C(=O)NC(C)(c3cc(F)ccc3F)C2=O)cc1. The molecule has 0 saturated carbocycles. The highest BCUT2D eigenvalue weighted by molar-refractivity contribution is 6.11. The second-order valence-corrected chi connectivity index (χ2v) is 6.54. The molecular formula is C20H18F2N2O3. The first-order valence-corrected chi connectivity index (χ1v) is 8.48. The summed E-state index contributed by atoms with van der Waals surface area (Å²) in [5.74, 6) is -2.79. The van der Waals surface area contributed by atoms with Gasteiger partial charge in [0.05, 0.1) is 6.54 Å². The number of amides is 3. The molecule has 27 heavy (non-hydrogen) atoms. The predicted octanol–water partition coefficient (Wildman–Crippen LogP) is 3.18. The fourth-order valence-electron chi connectivity index (χ4n) is 3.06. The minimum absolute atomic E-state index is 0.289. The topological polar surface area (TPSA) is 66.5 Å². The molecule has 1 saturated heterocycles. The van der Waals surface area contributed by atoms with E-state index in [0.717, 1.165) is 35.1 Å². The van der Waals surface area contributed by atoms with Crippen LogP contribution < -0.4 is 5.32 Å². The summed E-state index contributed by atoms with van der Waals surface area (Å²) in [6.07, 6.45) is 0.818. The largest absolute Gasteiger partial charge is 0.325 e. The Labute approximate surface area is 155 Å². The molecule has 0 radical (unpaired) electrons. The molecule has 1 atom stereocenters. The second-order valence-electron chi connectivity index (χ2n) is 6.54. The summed E-state index contributed by atoms with van der Waals surface area (Å²) in [6.45, 7) is 2.78. The van der Waals surface area contributed by atoms with Crippen molar-refractivity contribution in [2.45, 2.75) is 25.8 Å². The molecule has 1 N–H and O–H groups in total. The van der Waals surface area contributed by atoms with Crippen LogP contribution in [0.15, 0.2) is 42.5 Å². The van der Waals surface area contributed by atoms with Crippen LogP contribution in [0.2, 0.25) is 0 Å². The minimum Gasteiger partial charge on any atom is -0.319 e. The zero-order valence-electron chi connectivity index (χ0n) is 14.9. The van der Waals surface area contributed by atoms with E-state index in [9.17, 15) is 23.2 Å². The molecule has 3 amide bonds. The summed E-state index contributed by atoms with van der Waals surface area (Å²) < 4.78 is 27.7. The van der Waals surface area contributed by atoms with Gasteiger partial charge in [-0.05, 0) is 37.1 Å². The van der Waals surface area contributed by atoms with Crippen molar-refractivity contribution in [3.05, 3.63) is 70.8 Å². The number of nitrogens with zero attached hydrogens (tertiary/aromatic N) is 1. The first-order chi connectivity index (χ1) is 12.8. The summed E-state index contributed by atoms with van der Waals surface area (Å²) in [6, 6.07) is 8.70. The summed E-state index contributed by atoms with van der Waals surface area (Å²) in [5.41, 5.74) is -0.660. The van der Waals surface area contributed by atoms with Gasteiger partial charge in [0.2, 0.25) is 0 Å². The van der Waals surface area contributed by atoms with Crippen molar-refractivity contribution in [1.82, 2.24) is 10.2 Å². The summed E-state index contributed by atoms with van der Waals surface area (Å²) in [4.78, 5) is 38.2. The standard InChI is InChI=1S/C20H18F2N2O3/c1-3-12-4-6-13(7-5-12)17(25)11-24-18(26)20(2,23-19(24)27)15-10-14(21)8-9-16(15)22/h4-10H,3,11H2,1-2H3,(H,23,27). The van der Waals surface area contributed by atoms with Crippen molar-refractivity contribution in [2.75, 3.05) is 6.54 Å². The number of Topliss-reactive ketones (excluding diaryl/α,β-unsaturated/α-hetero) is 1. The molecule has 5 nitrogen and oxygen atoms in total. The van der Waals surface area contributed by atoms with E-state index in [1.54, 1.807) is 24.3 Å². The van der Waals surface area contributed by atoms with E-state index >= 15 is 0 Å². The number of ketones is 1. The number of urea groups is 1. The van der Waals surface area contributed by atoms with Crippen LogP contribution in [0.25, 0.3) is 0 Å². The molecule has 7 heteroatoms. The Hall–Kier alpha value is -3.09. The van der Waals surface area contributed by atoms with Crippen LogP contribution in [0.5, 0.6) is 0 Å². The number of carbonyl (C=O) groups is 3. The summed E-state index contributed by atoms with van der Waals surface area (Å²) in [7, 11) is 0.